The van der Waals surface area contributed by atoms with Crippen molar-refractivity contribution in [1.82, 2.24) is 0 Å². The zero-order valence-corrected chi connectivity index (χ0v) is 37.2. The van der Waals surface area contributed by atoms with E-state index in [4.69, 9.17) is 4.42 Å². The molecule has 0 unspecified atom stereocenters. The summed E-state index contributed by atoms with van der Waals surface area (Å²) in [7, 11) is 0. The lowest BCUT2D eigenvalue weighted by molar-refractivity contribution is 0.669. The minimum atomic E-state index is 0.886. The van der Waals surface area contributed by atoms with E-state index in [0.717, 1.165) is 73.1 Å². The summed E-state index contributed by atoms with van der Waals surface area (Å²) in [6.45, 7) is 0. The second kappa shape index (κ2) is 15.8. The predicted molar refractivity (Wildman–Crippen MR) is 284 cm³/mol. The number of furan rings is 1. The van der Waals surface area contributed by atoms with Crippen molar-refractivity contribution in [3.8, 4) is 0 Å². The van der Waals surface area contributed by atoms with E-state index in [1.807, 2.05) is 34.8 Å². The van der Waals surface area contributed by atoms with Gasteiger partial charge in [0.25, 0.3) is 0 Å². The molecule has 13 aromatic rings. The molecule has 4 nitrogen and oxygen atoms in total. The monoisotopic (exact) mass is 881 g/mol. The summed E-state index contributed by atoms with van der Waals surface area (Å²) in [5, 5.41) is 7.16. The highest BCUT2D eigenvalue weighted by Crippen LogP contribution is 2.47. The van der Waals surface area contributed by atoms with Crippen LogP contribution >= 0.6 is 22.7 Å². The van der Waals surface area contributed by atoms with Gasteiger partial charge in [-0.25, -0.2) is 0 Å². The summed E-state index contributed by atoms with van der Waals surface area (Å²) < 4.78 is 11.3. The smallest absolute Gasteiger partial charge is 0.135 e. The number of anilines is 9. The van der Waals surface area contributed by atoms with Crippen LogP contribution in [-0.2, 0) is 0 Å². The fourth-order valence-corrected chi connectivity index (χ4v) is 11.7. The topological polar surface area (TPSA) is 22.9 Å². The molecule has 0 fully saturated rings. The molecule has 312 valence electrons. The van der Waals surface area contributed by atoms with Gasteiger partial charge in [-0.05, 0) is 146 Å². The maximum atomic E-state index is 6.25. The number of benzene rings is 10. The summed E-state index contributed by atoms with van der Waals surface area (Å²) in [5.41, 5.74) is 11.7. The van der Waals surface area contributed by atoms with Gasteiger partial charge >= 0.3 is 0 Å². The van der Waals surface area contributed by atoms with Crippen LogP contribution in [0, 0.1) is 0 Å². The lowest BCUT2D eigenvalue weighted by Crippen LogP contribution is -2.10. The van der Waals surface area contributed by atoms with Gasteiger partial charge in [0.2, 0.25) is 0 Å². The second-order valence-electron chi connectivity index (χ2n) is 16.6. The van der Waals surface area contributed by atoms with Crippen LogP contribution in [0.1, 0.15) is 0 Å². The fraction of sp³-hybridized carbons (Fsp3) is 0. The molecule has 0 aliphatic carbocycles. The van der Waals surface area contributed by atoms with Crippen molar-refractivity contribution < 1.29 is 4.42 Å². The molecular weight excluding hydrogens is 843 g/mol. The first-order valence-electron chi connectivity index (χ1n) is 22.1. The van der Waals surface area contributed by atoms with Crippen molar-refractivity contribution in [2.45, 2.75) is 0 Å². The van der Waals surface area contributed by atoms with Gasteiger partial charge in [-0.2, -0.15) is 0 Å². The van der Waals surface area contributed by atoms with E-state index in [1.165, 1.54) is 40.3 Å². The number of thiophene rings is 2. The highest BCUT2D eigenvalue weighted by Gasteiger charge is 2.21. The summed E-state index contributed by atoms with van der Waals surface area (Å²) in [6, 6.07) is 85.2. The maximum absolute atomic E-state index is 6.25. The van der Waals surface area contributed by atoms with E-state index < -0.39 is 0 Å². The van der Waals surface area contributed by atoms with Crippen LogP contribution < -0.4 is 14.7 Å². The Kier molecular flexibility index (Phi) is 9.18. The molecule has 0 radical (unpaired) electrons. The van der Waals surface area contributed by atoms with Gasteiger partial charge in [-0.1, -0.05) is 91.0 Å². The summed E-state index contributed by atoms with van der Waals surface area (Å²) in [4.78, 5) is 7.10. The molecule has 6 heteroatoms. The third kappa shape index (κ3) is 6.57. The van der Waals surface area contributed by atoms with Crippen LogP contribution in [0.25, 0.3) is 62.3 Å². The molecule has 66 heavy (non-hydrogen) atoms. The molecule has 0 spiro atoms. The number of hydrogen-bond acceptors (Lipinski definition) is 6. The van der Waals surface area contributed by atoms with Gasteiger partial charge < -0.3 is 19.1 Å². The summed E-state index contributed by atoms with van der Waals surface area (Å²) in [5.74, 6) is 0. The Labute approximate surface area is 389 Å². The SMILES string of the molecule is c1ccc(N(c2ccccc2)c2ccc3sc4ccc(N(c5ccccc5)c5ccc6sc7ccc(N(c8ccccc8)c8ccc9oc%10ccccc%10c9c8)cc7c6c5)cc4c3c2)cc1. The minimum Gasteiger partial charge on any atom is -0.456 e. The van der Waals surface area contributed by atoms with Gasteiger partial charge in [0.15, 0.2) is 0 Å². The fourth-order valence-electron chi connectivity index (χ4n) is 9.57. The van der Waals surface area contributed by atoms with Crippen molar-refractivity contribution in [1.29, 1.82) is 0 Å². The quantitative estimate of drug-likeness (QED) is 0.144. The van der Waals surface area contributed by atoms with Crippen LogP contribution in [0.3, 0.4) is 0 Å². The largest absolute Gasteiger partial charge is 0.456 e. The Morgan fingerprint density at radius 1 is 0.227 bits per heavy atom. The first-order valence-corrected chi connectivity index (χ1v) is 23.8. The zero-order chi connectivity index (χ0) is 43.6. The number of hydrogen-bond donors (Lipinski definition) is 0. The van der Waals surface area contributed by atoms with Crippen LogP contribution in [0.5, 0.6) is 0 Å². The van der Waals surface area contributed by atoms with Crippen molar-refractivity contribution in [2.75, 3.05) is 14.7 Å². The first kappa shape index (κ1) is 38.3. The molecule has 0 atom stereocenters. The highest BCUT2D eigenvalue weighted by molar-refractivity contribution is 7.26. The average Bonchev–Trinajstić information content (AvgIpc) is 4.06. The molecule has 13 rings (SSSR count). The molecule has 0 saturated heterocycles. The standard InChI is InChI=1S/C60H39N3OS2/c1-5-15-40(16-6-1)61(41-17-7-2-8-18-41)45-26-31-57-51(36-45)52-38-47(28-33-58(52)65-57)63(43-21-11-4-12-22-43)48-29-34-60-54(39-48)53-37-46(27-32-59(53)66-60)62(42-19-9-3-10-20-42)44-25-30-56-50(35-44)49-23-13-14-24-55(49)64-56/h1-39H. The molecule has 3 heterocycles. The Balaban J connectivity index is 0.944. The van der Waals surface area contributed by atoms with E-state index in [1.54, 1.807) is 0 Å². The molecule has 0 bridgehead atoms. The van der Waals surface area contributed by atoms with Gasteiger partial charge in [0, 0.05) is 102 Å². The molecule has 0 saturated carbocycles. The first-order chi connectivity index (χ1) is 32.7. The van der Waals surface area contributed by atoms with Crippen molar-refractivity contribution in [3.05, 3.63) is 237 Å². The number of nitrogens with zero attached hydrogens (tertiary/aromatic N) is 3. The molecule has 0 amide bonds. The van der Waals surface area contributed by atoms with E-state index in [2.05, 4.69) is 239 Å². The zero-order valence-electron chi connectivity index (χ0n) is 35.6. The second-order valence-corrected chi connectivity index (χ2v) is 18.7. The number of rotatable bonds is 9. The Bertz CT molecular complexity index is 3860. The normalized spacial score (nSPS) is 11.6. The van der Waals surface area contributed by atoms with E-state index >= 15 is 0 Å². The van der Waals surface area contributed by atoms with E-state index in [9.17, 15) is 0 Å². The predicted octanol–water partition coefficient (Wildman–Crippen LogP) is 18.7. The number of fused-ring (bicyclic) bond motifs is 9. The van der Waals surface area contributed by atoms with E-state index in [-0.39, 0.29) is 0 Å². The third-order valence-corrected chi connectivity index (χ3v) is 14.9. The molecule has 0 aliphatic heterocycles. The van der Waals surface area contributed by atoms with Crippen LogP contribution in [0.2, 0.25) is 0 Å². The average molecular weight is 882 g/mol. The Hall–Kier alpha value is -8.16. The minimum absolute atomic E-state index is 0.886. The van der Waals surface area contributed by atoms with Gasteiger partial charge in [-0.15, -0.1) is 22.7 Å². The van der Waals surface area contributed by atoms with Crippen molar-refractivity contribution >= 4 is 136 Å². The summed E-state index contributed by atoms with van der Waals surface area (Å²) >= 11 is 3.69. The molecule has 10 aromatic carbocycles. The lowest BCUT2D eigenvalue weighted by Gasteiger charge is -2.26. The van der Waals surface area contributed by atoms with E-state index in [0.29, 0.717) is 0 Å². The van der Waals surface area contributed by atoms with Gasteiger partial charge in [0.05, 0.1) is 0 Å². The van der Waals surface area contributed by atoms with Crippen molar-refractivity contribution in [2.24, 2.45) is 0 Å². The number of para-hydroxylation sites is 5. The maximum Gasteiger partial charge on any atom is 0.135 e. The highest BCUT2D eigenvalue weighted by atomic mass is 32.1. The van der Waals surface area contributed by atoms with Crippen LogP contribution in [-0.4, -0.2) is 0 Å². The molecule has 3 aromatic heterocycles. The van der Waals surface area contributed by atoms with Crippen molar-refractivity contribution in [3.63, 3.8) is 0 Å². The third-order valence-electron chi connectivity index (χ3n) is 12.6. The Morgan fingerprint density at radius 3 is 0.894 bits per heavy atom. The molecular formula is C60H39N3OS2. The van der Waals surface area contributed by atoms with Crippen LogP contribution in [0.4, 0.5) is 51.2 Å². The van der Waals surface area contributed by atoms with Gasteiger partial charge in [0.1, 0.15) is 11.2 Å². The molecule has 0 N–H and O–H groups in total. The van der Waals surface area contributed by atoms with Gasteiger partial charge in [-0.3, -0.25) is 0 Å². The lowest BCUT2D eigenvalue weighted by atomic mass is 10.1. The van der Waals surface area contributed by atoms with Crippen LogP contribution in [0.15, 0.2) is 241 Å². The Morgan fingerprint density at radius 2 is 0.515 bits per heavy atom. The molecule has 0 aliphatic rings. The summed E-state index contributed by atoms with van der Waals surface area (Å²) in [6.07, 6.45) is 0.